The third-order valence-electron chi connectivity index (χ3n) is 3.93. The van der Waals surface area contributed by atoms with Gasteiger partial charge in [0, 0.05) is 11.3 Å². The number of nitrogens with two attached hydrogens (primary N) is 1. The van der Waals surface area contributed by atoms with Crippen molar-refractivity contribution in [2.75, 3.05) is 25.0 Å². The monoisotopic (exact) mass is 305 g/mol. The Morgan fingerprint density at radius 3 is 2.71 bits per heavy atom. The Bertz CT molecular complexity index is 501. The zero-order valence-corrected chi connectivity index (χ0v) is 13.3. The van der Waals surface area contributed by atoms with Gasteiger partial charge in [0.05, 0.1) is 6.54 Å². The highest BCUT2D eigenvalue weighted by molar-refractivity contribution is 7.80. The number of nitrogens with zero attached hydrogens (tertiary/aromatic N) is 1. The average molecular weight is 305 g/mol. The van der Waals surface area contributed by atoms with E-state index in [-0.39, 0.29) is 5.91 Å². The van der Waals surface area contributed by atoms with Crippen LogP contribution in [0.15, 0.2) is 24.3 Å². The van der Waals surface area contributed by atoms with Gasteiger partial charge >= 0.3 is 0 Å². The molecule has 0 saturated carbocycles. The molecule has 1 fully saturated rings. The van der Waals surface area contributed by atoms with Crippen LogP contribution < -0.4 is 11.1 Å². The van der Waals surface area contributed by atoms with Crippen molar-refractivity contribution in [2.24, 2.45) is 11.7 Å². The molecular weight excluding hydrogens is 282 g/mol. The minimum absolute atomic E-state index is 0.0348. The van der Waals surface area contributed by atoms with Crippen molar-refractivity contribution in [2.45, 2.75) is 26.2 Å². The number of hydrogen-bond acceptors (Lipinski definition) is 3. The third kappa shape index (κ3) is 5.10. The van der Waals surface area contributed by atoms with Gasteiger partial charge in [-0.1, -0.05) is 19.1 Å². The second-order valence-corrected chi connectivity index (χ2v) is 6.24. The van der Waals surface area contributed by atoms with Gasteiger partial charge in [0.15, 0.2) is 0 Å². The Morgan fingerprint density at radius 2 is 2.05 bits per heavy atom. The lowest BCUT2D eigenvalue weighted by Gasteiger charge is -2.19. The van der Waals surface area contributed by atoms with E-state index in [0.717, 1.165) is 30.3 Å². The summed E-state index contributed by atoms with van der Waals surface area (Å²) in [5, 5.41) is 2.92. The second-order valence-electron chi connectivity index (χ2n) is 5.80. The number of nitrogens with one attached hydrogen (secondary N) is 1. The highest BCUT2D eigenvalue weighted by Gasteiger charge is 2.16. The summed E-state index contributed by atoms with van der Waals surface area (Å²) in [7, 11) is 0. The van der Waals surface area contributed by atoms with E-state index >= 15 is 0 Å². The fourth-order valence-corrected chi connectivity index (χ4v) is 2.74. The lowest BCUT2D eigenvalue weighted by molar-refractivity contribution is -0.117. The van der Waals surface area contributed by atoms with E-state index in [9.17, 15) is 4.79 Å². The number of anilines is 1. The number of hydrogen-bond donors (Lipinski definition) is 2. The van der Waals surface area contributed by atoms with Crippen LogP contribution in [0, 0.1) is 5.92 Å². The summed E-state index contributed by atoms with van der Waals surface area (Å²) < 4.78 is 0. The number of thiocarbonyl (C=S) groups is 1. The summed E-state index contributed by atoms with van der Waals surface area (Å²) in [6.45, 7) is 4.77. The largest absolute Gasteiger partial charge is 0.389 e. The normalized spacial score (nSPS) is 19.8. The van der Waals surface area contributed by atoms with Gasteiger partial charge in [-0.25, -0.2) is 0 Å². The Kier molecular flexibility index (Phi) is 5.70. The molecule has 4 nitrogen and oxygen atoms in total. The van der Waals surface area contributed by atoms with Crippen LogP contribution in [-0.4, -0.2) is 35.4 Å². The molecule has 1 saturated heterocycles. The lowest BCUT2D eigenvalue weighted by atomic mass is 10.0. The summed E-state index contributed by atoms with van der Waals surface area (Å²) in [5.41, 5.74) is 7.14. The first kappa shape index (κ1) is 15.9. The maximum atomic E-state index is 12.1. The molecule has 3 N–H and O–H groups in total. The first-order valence-corrected chi connectivity index (χ1v) is 7.87. The molecule has 1 aromatic rings. The highest BCUT2D eigenvalue weighted by atomic mass is 32.1. The average Bonchev–Trinajstić information content (AvgIpc) is 2.64. The summed E-state index contributed by atoms with van der Waals surface area (Å²) >= 11 is 4.91. The van der Waals surface area contributed by atoms with E-state index in [0.29, 0.717) is 11.5 Å². The molecule has 0 bridgehead atoms. The molecule has 0 aromatic heterocycles. The van der Waals surface area contributed by atoms with Gasteiger partial charge in [0.2, 0.25) is 5.91 Å². The molecule has 1 unspecified atom stereocenters. The van der Waals surface area contributed by atoms with Gasteiger partial charge in [-0.2, -0.15) is 0 Å². The van der Waals surface area contributed by atoms with E-state index in [4.69, 9.17) is 18.0 Å². The fourth-order valence-electron chi connectivity index (χ4n) is 2.60. The maximum absolute atomic E-state index is 12.1. The van der Waals surface area contributed by atoms with Gasteiger partial charge in [-0.3, -0.25) is 9.69 Å². The molecule has 2 rings (SSSR count). The Morgan fingerprint density at radius 1 is 1.33 bits per heavy atom. The topological polar surface area (TPSA) is 58.4 Å². The van der Waals surface area contributed by atoms with Crippen molar-refractivity contribution in [3.05, 3.63) is 29.8 Å². The first-order valence-electron chi connectivity index (χ1n) is 7.46. The van der Waals surface area contributed by atoms with Crippen LogP contribution in [0.3, 0.4) is 0 Å². The zero-order chi connectivity index (χ0) is 15.2. The summed E-state index contributed by atoms with van der Waals surface area (Å²) in [4.78, 5) is 14.7. The summed E-state index contributed by atoms with van der Waals surface area (Å²) in [6.07, 6.45) is 3.62. The van der Waals surface area contributed by atoms with Crippen molar-refractivity contribution in [3.63, 3.8) is 0 Å². The van der Waals surface area contributed by atoms with Crippen LogP contribution in [0.4, 0.5) is 5.69 Å². The summed E-state index contributed by atoms with van der Waals surface area (Å²) in [6, 6.07) is 7.31. The second kappa shape index (κ2) is 7.52. The number of rotatable bonds is 4. The van der Waals surface area contributed by atoms with Gasteiger partial charge in [-0.15, -0.1) is 0 Å². The Labute approximate surface area is 131 Å². The van der Waals surface area contributed by atoms with E-state index < -0.39 is 0 Å². The van der Waals surface area contributed by atoms with Crippen LogP contribution in [0.1, 0.15) is 31.7 Å². The predicted octanol–water partition coefficient (Wildman–Crippen LogP) is 2.38. The SMILES string of the molecule is CC1CCCN(CC(=O)Nc2ccc(C(N)=S)cc2)CC1. The smallest absolute Gasteiger partial charge is 0.238 e. The molecule has 1 aliphatic heterocycles. The molecule has 0 radical (unpaired) electrons. The molecule has 21 heavy (non-hydrogen) atoms. The number of carbonyl (C=O) groups excluding carboxylic acids is 1. The first-order chi connectivity index (χ1) is 10.0. The van der Waals surface area contributed by atoms with Crippen molar-refractivity contribution >= 4 is 28.8 Å². The lowest BCUT2D eigenvalue weighted by Crippen LogP contribution is -2.34. The quantitative estimate of drug-likeness (QED) is 0.839. The molecule has 1 aromatic carbocycles. The van der Waals surface area contributed by atoms with Crippen molar-refractivity contribution in [3.8, 4) is 0 Å². The number of benzene rings is 1. The van der Waals surface area contributed by atoms with E-state index in [1.165, 1.54) is 19.3 Å². The molecule has 1 heterocycles. The zero-order valence-electron chi connectivity index (χ0n) is 12.5. The third-order valence-corrected chi connectivity index (χ3v) is 4.17. The van der Waals surface area contributed by atoms with Gasteiger partial charge < -0.3 is 11.1 Å². The van der Waals surface area contributed by atoms with Gasteiger partial charge in [0.25, 0.3) is 0 Å². The molecule has 114 valence electrons. The Balaban J connectivity index is 1.85. The van der Waals surface area contributed by atoms with E-state index in [2.05, 4.69) is 17.1 Å². The highest BCUT2D eigenvalue weighted by Crippen LogP contribution is 2.16. The molecular formula is C16H23N3OS. The van der Waals surface area contributed by atoms with Gasteiger partial charge in [-0.05, 0) is 62.5 Å². The van der Waals surface area contributed by atoms with Crippen molar-refractivity contribution in [1.29, 1.82) is 0 Å². The maximum Gasteiger partial charge on any atom is 0.238 e. The van der Waals surface area contributed by atoms with E-state index in [1.54, 1.807) is 0 Å². The van der Waals surface area contributed by atoms with Crippen LogP contribution in [0.25, 0.3) is 0 Å². The van der Waals surface area contributed by atoms with Crippen LogP contribution >= 0.6 is 12.2 Å². The van der Waals surface area contributed by atoms with Crippen molar-refractivity contribution < 1.29 is 4.79 Å². The molecule has 5 heteroatoms. The molecule has 0 spiro atoms. The molecule has 0 aliphatic carbocycles. The van der Waals surface area contributed by atoms with Crippen LogP contribution in [-0.2, 0) is 4.79 Å². The van der Waals surface area contributed by atoms with Crippen LogP contribution in [0.2, 0.25) is 0 Å². The predicted molar refractivity (Wildman–Crippen MR) is 90.4 cm³/mol. The number of likely N-dealkylation sites (tertiary alicyclic amines) is 1. The standard InChI is InChI=1S/C16H23N3OS/c1-12-3-2-9-19(10-8-12)11-15(20)18-14-6-4-13(5-7-14)16(17)21/h4-7,12H,2-3,8-11H2,1H3,(H2,17,21)(H,18,20). The molecule has 1 aliphatic rings. The minimum atomic E-state index is 0.0348. The van der Waals surface area contributed by atoms with Crippen molar-refractivity contribution in [1.82, 2.24) is 4.90 Å². The van der Waals surface area contributed by atoms with Gasteiger partial charge in [0.1, 0.15) is 4.99 Å². The molecule has 1 amide bonds. The number of carbonyl (C=O) groups is 1. The van der Waals surface area contributed by atoms with E-state index in [1.807, 2.05) is 24.3 Å². The van der Waals surface area contributed by atoms with Crippen LogP contribution in [0.5, 0.6) is 0 Å². The Hall–Kier alpha value is -1.46. The summed E-state index contributed by atoms with van der Waals surface area (Å²) in [5.74, 6) is 0.804. The fraction of sp³-hybridized carbons (Fsp3) is 0.500. The number of amides is 1. The molecule has 1 atom stereocenters. The minimum Gasteiger partial charge on any atom is -0.389 e.